The number of rotatable bonds is 6. The fourth-order valence-electron chi connectivity index (χ4n) is 3.56. The molecule has 4 heteroatoms. The van der Waals surface area contributed by atoms with Crippen LogP contribution in [-0.2, 0) is 11.3 Å². The second kappa shape index (κ2) is 10.6. The quantitative estimate of drug-likeness (QED) is 0.771. The van der Waals surface area contributed by atoms with E-state index < -0.39 is 0 Å². The summed E-state index contributed by atoms with van der Waals surface area (Å²) in [5, 5.41) is 2.83. The van der Waals surface area contributed by atoms with Crippen molar-refractivity contribution in [3.63, 3.8) is 0 Å². The Hall–Kier alpha value is -2.64. The van der Waals surface area contributed by atoms with Gasteiger partial charge in [-0.25, -0.2) is 4.39 Å². The van der Waals surface area contributed by atoms with Gasteiger partial charge in [0.25, 0.3) is 0 Å². The Morgan fingerprint density at radius 2 is 1.93 bits per heavy atom. The molecule has 28 heavy (non-hydrogen) atoms. The molecule has 0 aliphatic carbocycles. The summed E-state index contributed by atoms with van der Waals surface area (Å²) in [6, 6.07) is 16.6. The highest BCUT2D eigenvalue weighted by atomic mass is 19.1. The maximum atomic E-state index is 13.6. The van der Waals surface area contributed by atoms with Crippen molar-refractivity contribution in [3.8, 4) is 11.8 Å². The summed E-state index contributed by atoms with van der Waals surface area (Å²) >= 11 is 0. The highest BCUT2D eigenvalue weighted by Crippen LogP contribution is 2.20. The molecule has 1 fully saturated rings. The number of piperidine rings is 1. The summed E-state index contributed by atoms with van der Waals surface area (Å²) < 4.78 is 13.6. The Morgan fingerprint density at radius 1 is 1.14 bits per heavy atom. The van der Waals surface area contributed by atoms with Crippen LogP contribution >= 0.6 is 0 Å². The van der Waals surface area contributed by atoms with Crippen LogP contribution in [0.5, 0.6) is 0 Å². The molecule has 0 radical (unpaired) electrons. The van der Waals surface area contributed by atoms with E-state index in [1.807, 2.05) is 30.3 Å². The minimum absolute atomic E-state index is 0.00996. The number of hydrogen-bond donors (Lipinski definition) is 1. The third-order valence-electron chi connectivity index (χ3n) is 5.13. The SMILES string of the molecule is O=C(CC[C@@H]1CCCN(CC#Cc2ccccc2)C1)NCc1ccccc1F. The molecule has 1 aliphatic heterocycles. The summed E-state index contributed by atoms with van der Waals surface area (Å²) in [4.78, 5) is 14.5. The van der Waals surface area contributed by atoms with E-state index in [0.29, 0.717) is 17.9 Å². The van der Waals surface area contributed by atoms with Crippen LogP contribution in [0.25, 0.3) is 0 Å². The van der Waals surface area contributed by atoms with Gasteiger partial charge in [-0.05, 0) is 49.9 Å². The number of nitrogens with one attached hydrogen (secondary N) is 1. The predicted molar refractivity (Wildman–Crippen MR) is 110 cm³/mol. The number of halogens is 1. The Kier molecular flexibility index (Phi) is 7.63. The van der Waals surface area contributed by atoms with Gasteiger partial charge < -0.3 is 5.32 Å². The largest absolute Gasteiger partial charge is 0.352 e. The standard InChI is InChI=1S/C24H27FN2O/c25-23-13-5-4-12-22(23)18-26-24(28)15-14-21-11-7-17-27(19-21)16-6-10-20-8-2-1-3-9-20/h1-5,8-9,12-13,21H,7,11,14-19H2,(H,26,28)/t21-/m0/s1. The lowest BCUT2D eigenvalue weighted by Gasteiger charge is -2.31. The molecule has 3 rings (SSSR count). The third-order valence-corrected chi connectivity index (χ3v) is 5.13. The molecule has 1 N–H and O–H groups in total. The van der Waals surface area contributed by atoms with E-state index in [2.05, 4.69) is 22.1 Å². The molecular formula is C24H27FN2O. The van der Waals surface area contributed by atoms with Crippen LogP contribution in [-0.4, -0.2) is 30.4 Å². The van der Waals surface area contributed by atoms with Crippen molar-refractivity contribution in [2.24, 2.45) is 5.92 Å². The Morgan fingerprint density at radius 3 is 2.75 bits per heavy atom. The molecule has 1 saturated heterocycles. The first kappa shape index (κ1) is 20.1. The summed E-state index contributed by atoms with van der Waals surface area (Å²) in [6.07, 6.45) is 3.66. The van der Waals surface area contributed by atoms with Crippen LogP contribution in [0.4, 0.5) is 4.39 Å². The summed E-state index contributed by atoms with van der Waals surface area (Å²) in [7, 11) is 0. The van der Waals surface area contributed by atoms with Crippen LogP contribution in [0.15, 0.2) is 54.6 Å². The zero-order valence-electron chi connectivity index (χ0n) is 16.2. The number of hydrogen-bond acceptors (Lipinski definition) is 2. The molecule has 1 aliphatic rings. The first-order valence-electron chi connectivity index (χ1n) is 9.97. The number of carbonyl (C=O) groups is 1. The lowest BCUT2D eigenvalue weighted by molar-refractivity contribution is -0.121. The van der Waals surface area contributed by atoms with Crippen molar-refractivity contribution in [1.82, 2.24) is 10.2 Å². The first-order valence-corrected chi connectivity index (χ1v) is 9.97. The van der Waals surface area contributed by atoms with E-state index in [4.69, 9.17) is 0 Å². The summed E-state index contributed by atoms with van der Waals surface area (Å²) in [5.74, 6) is 6.70. The maximum absolute atomic E-state index is 13.6. The van der Waals surface area contributed by atoms with Gasteiger partial charge in [0.2, 0.25) is 5.91 Å². The van der Waals surface area contributed by atoms with Crippen molar-refractivity contribution in [2.75, 3.05) is 19.6 Å². The van der Waals surface area contributed by atoms with E-state index in [9.17, 15) is 9.18 Å². The second-order valence-corrected chi connectivity index (χ2v) is 7.32. The molecule has 0 unspecified atom stereocenters. The first-order chi connectivity index (χ1) is 13.7. The molecule has 2 aromatic rings. The van der Waals surface area contributed by atoms with Gasteiger partial charge in [0.15, 0.2) is 0 Å². The van der Waals surface area contributed by atoms with Crippen LogP contribution in [0.3, 0.4) is 0 Å². The summed E-state index contributed by atoms with van der Waals surface area (Å²) in [6.45, 7) is 3.08. The monoisotopic (exact) mass is 378 g/mol. The van der Waals surface area contributed by atoms with Crippen molar-refractivity contribution in [2.45, 2.75) is 32.2 Å². The van der Waals surface area contributed by atoms with E-state index >= 15 is 0 Å². The van der Waals surface area contributed by atoms with Crippen molar-refractivity contribution in [3.05, 3.63) is 71.5 Å². The predicted octanol–water partition coefficient (Wildman–Crippen LogP) is 3.99. The molecular weight excluding hydrogens is 351 g/mol. The van der Waals surface area contributed by atoms with Crippen molar-refractivity contribution < 1.29 is 9.18 Å². The van der Waals surface area contributed by atoms with Gasteiger partial charge in [0, 0.05) is 30.6 Å². The number of nitrogens with zero attached hydrogens (tertiary/aromatic N) is 1. The fraction of sp³-hybridized carbons (Fsp3) is 0.375. The number of carbonyl (C=O) groups excluding carboxylic acids is 1. The van der Waals surface area contributed by atoms with Gasteiger partial charge >= 0.3 is 0 Å². The molecule has 1 amide bonds. The fourth-order valence-corrected chi connectivity index (χ4v) is 3.56. The lowest BCUT2D eigenvalue weighted by Crippen LogP contribution is -2.36. The normalized spacial score (nSPS) is 16.8. The topological polar surface area (TPSA) is 32.3 Å². The molecule has 1 atom stereocenters. The van der Waals surface area contributed by atoms with Gasteiger partial charge in [-0.3, -0.25) is 9.69 Å². The van der Waals surface area contributed by atoms with E-state index in [1.165, 1.54) is 6.07 Å². The molecule has 0 spiro atoms. The highest BCUT2D eigenvalue weighted by molar-refractivity contribution is 5.75. The number of likely N-dealkylation sites (tertiary alicyclic amines) is 1. The van der Waals surface area contributed by atoms with E-state index in [-0.39, 0.29) is 18.3 Å². The third kappa shape index (κ3) is 6.51. The Balaban J connectivity index is 1.38. The van der Waals surface area contributed by atoms with Gasteiger partial charge in [0.1, 0.15) is 5.82 Å². The molecule has 3 nitrogen and oxygen atoms in total. The average Bonchev–Trinajstić information content (AvgIpc) is 2.73. The highest BCUT2D eigenvalue weighted by Gasteiger charge is 2.20. The van der Waals surface area contributed by atoms with E-state index in [1.54, 1.807) is 18.2 Å². The Bertz CT molecular complexity index is 825. The minimum Gasteiger partial charge on any atom is -0.352 e. The molecule has 0 saturated carbocycles. The number of benzene rings is 2. The minimum atomic E-state index is -0.276. The van der Waals surface area contributed by atoms with Crippen LogP contribution < -0.4 is 5.32 Å². The van der Waals surface area contributed by atoms with Crippen LogP contribution in [0.1, 0.15) is 36.8 Å². The zero-order valence-corrected chi connectivity index (χ0v) is 16.2. The number of amides is 1. The van der Waals surface area contributed by atoms with Gasteiger partial charge in [-0.2, -0.15) is 0 Å². The smallest absolute Gasteiger partial charge is 0.220 e. The summed E-state index contributed by atoms with van der Waals surface area (Å²) in [5.41, 5.74) is 1.57. The van der Waals surface area contributed by atoms with Crippen LogP contribution in [0, 0.1) is 23.6 Å². The second-order valence-electron chi connectivity index (χ2n) is 7.32. The van der Waals surface area contributed by atoms with Crippen LogP contribution in [0.2, 0.25) is 0 Å². The molecule has 1 heterocycles. The lowest BCUT2D eigenvalue weighted by atomic mass is 9.93. The molecule has 0 aromatic heterocycles. The van der Waals surface area contributed by atoms with Gasteiger partial charge in [-0.1, -0.05) is 48.2 Å². The van der Waals surface area contributed by atoms with Gasteiger partial charge in [-0.15, -0.1) is 0 Å². The maximum Gasteiger partial charge on any atom is 0.220 e. The molecule has 146 valence electrons. The molecule has 0 bridgehead atoms. The molecule has 2 aromatic carbocycles. The van der Waals surface area contributed by atoms with Crippen molar-refractivity contribution >= 4 is 5.91 Å². The van der Waals surface area contributed by atoms with Gasteiger partial charge in [0.05, 0.1) is 6.54 Å². The average molecular weight is 378 g/mol. The van der Waals surface area contributed by atoms with Crippen molar-refractivity contribution in [1.29, 1.82) is 0 Å². The Labute approximate surface area is 166 Å². The zero-order chi connectivity index (χ0) is 19.6. The van der Waals surface area contributed by atoms with E-state index in [0.717, 1.165) is 44.5 Å².